The first kappa shape index (κ1) is 25.5. The Morgan fingerprint density at radius 3 is 1.57 bits per heavy atom. The number of hydrogen-bond acceptors (Lipinski definition) is 2. The fourth-order valence-electron chi connectivity index (χ4n) is 9.15. The molecule has 4 aliphatic heterocycles. The van der Waals surface area contributed by atoms with Crippen LogP contribution >= 0.6 is 0 Å². The number of nitrogens with zero attached hydrogens (tertiary/aromatic N) is 2. The molecule has 7 aromatic rings. The van der Waals surface area contributed by atoms with Crippen molar-refractivity contribution in [1.29, 1.82) is 0 Å². The summed E-state index contributed by atoms with van der Waals surface area (Å²) in [5.41, 5.74) is 21.5. The Balaban J connectivity index is 1.30. The number of hydrogen-bond donors (Lipinski definition) is 0. The summed E-state index contributed by atoms with van der Waals surface area (Å²) in [6.07, 6.45) is 0.931. The van der Waals surface area contributed by atoms with Crippen LogP contribution < -0.4 is 42.6 Å². The highest BCUT2D eigenvalue weighted by Gasteiger charge is 2.49. The first-order chi connectivity index (χ1) is 23.4. The fourth-order valence-corrected chi connectivity index (χ4v) is 9.15. The first-order valence-corrected chi connectivity index (χ1v) is 16.7. The average Bonchev–Trinajstić information content (AvgIpc) is 3.14. The molecule has 2 nitrogen and oxygen atoms in total. The molecule has 0 amide bonds. The fraction of sp³-hybridized carbons (Fsp3) is 0.0233. The van der Waals surface area contributed by atoms with Gasteiger partial charge in [-0.05, 0) is 80.8 Å². The molecule has 0 aromatic heterocycles. The number of rotatable bonds is 2. The lowest BCUT2D eigenvalue weighted by atomic mass is 9.28. The Hall–Kier alpha value is -5.73. The van der Waals surface area contributed by atoms with E-state index in [9.17, 15) is 0 Å². The maximum Gasteiger partial charge on any atom is 0.252 e. The first-order valence-electron chi connectivity index (χ1n) is 16.7. The van der Waals surface area contributed by atoms with Crippen molar-refractivity contribution in [1.82, 2.24) is 0 Å². The van der Waals surface area contributed by atoms with Gasteiger partial charge in [-0.15, -0.1) is 0 Å². The normalized spacial score (nSPS) is 14.1. The van der Waals surface area contributed by atoms with Gasteiger partial charge in [0.25, 0.3) is 6.71 Å². The monoisotopic (exact) mass is 594 g/mol. The highest BCUT2D eigenvalue weighted by molar-refractivity contribution is 7.04. The van der Waals surface area contributed by atoms with Crippen molar-refractivity contribution in [3.8, 4) is 11.1 Å². The summed E-state index contributed by atoms with van der Waals surface area (Å²) in [6.45, 7) is 0.341. The minimum Gasteiger partial charge on any atom is -0.312 e. The number of para-hydroxylation sites is 4. The molecule has 0 unspecified atom stereocenters. The van der Waals surface area contributed by atoms with Gasteiger partial charge in [0.1, 0.15) is 0 Å². The average molecular weight is 594 g/mol. The molecule has 0 radical (unpaired) electrons. The van der Waals surface area contributed by atoms with Gasteiger partial charge in [-0.3, -0.25) is 0 Å². The minimum absolute atomic E-state index is 0.136. The van der Waals surface area contributed by atoms with Gasteiger partial charge in [0.05, 0.1) is 5.69 Å². The second-order valence-corrected chi connectivity index (χ2v) is 13.2. The zero-order valence-corrected chi connectivity index (χ0v) is 25.8. The Morgan fingerprint density at radius 2 is 0.894 bits per heavy atom. The van der Waals surface area contributed by atoms with Gasteiger partial charge >= 0.3 is 0 Å². The third kappa shape index (κ3) is 3.32. The second kappa shape index (κ2) is 9.40. The molecule has 0 saturated carbocycles. The number of anilines is 6. The maximum atomic E-state index is 2.61. The lowest BCUT2D eigenvalue weighted by Gasteiger charge is -2.49. The van der Waals surface area contributed by atoms with E-state index in [2.05, 4.69) is 168 Å². The summed E-state index contributed by atoms with van der Waals surface area (Å²) < 4.78 is 0. The zero-order chi connectivity index (χ0) is 30.6. The molecule has 0 atom stereocenters. The molecule has 4 heteroatoms. The molecule has 0 fully saturated rings. The lowest BCUT2D eigenvalue weighted by Crippen LogP contribution is -2.68. The molecule has 4 aliphatic rings. The van der Waals surface area contributed by atoms with Crippen LogP contribution in [0.2, 0.25) is 0 Å². The van der Waals surface area contributed by atoms with Crippen LogP contribution in [0.3, 0.4) is 0 Å². The number of benzene rings is 7. The van der Waals surface area contributed by atoms with E-state index in [1.807, 2.05) is 0 Å². The summed E-state index contributed by atoms with van der Waals surface area (Å²) in [5, 5.41) is 0. The highest BCUT2D eigenvalue weighted by atomic mass is 15.2. The van der Waals surface area contributed by atoms with Gasteiger partial charge in [-0.1, -0.05) is 133 Å². The molecule has 0 spiro atoms. The van der Waals surface area contributed by atoms with Crippen molar-refractivity contribution >= 4 is 80.3 Å². The van der Waals surface area contributed by atoms with Crippen molar-refractivity contribution in [3.63, 3.8) is 0 Å². The summed E-state index contributed by atoms with van der Waals surface area (Å²) in [7, 11) is 0. The van der Waals surface area contributed by atoms with E-state index in [1.54, 1.807) is 0 Å². The van der Waals surface area contributed by atoms with E-state index in [1.165, 1.54) is 89.2 Å². The quantitative estimate of drug-likeness (QED) is 0.221. The molecule has 11 rings (SSSR count). The standard InChI is InChI=1S/C43H28B2N2/c1-2-14-28(15-3-1)31-17-5-10-22-36(31)46-37-23-11-7-19-33(37)45-35-21-9-13-25-39(35)47-38-24-12-8-20-34(38)44-32-18-6-4-16-29(32)26-30-27-40(46)42(45)43(47)41(30)44/h1-25,27H,26H2. The topological polar surface area (TPSA) is 6.48 Å². The largest absolute Gasteiger partial charge is 0.312 e. The molecular weight excluding hydrogens is 566 g/mol. The third-order valence-electron chi connectivity index (χ3n) is 10.9. The van der Waals surface area contributed by atoms with E-state index < -0.39 is 0 Å². The third-order valence-corrected chi connectivity index (χ3v) is 10.9. The SMILES string of the molecule is c1ccc(-c2ccccc2N2c3ccccc3B3c4ccccc4N4c5ccccc5B5c6ccccc6Cc6cc2c3c4c65)cc1. The Morgan fingerprint density at radius 1 is 0.383 bits per heavy atom. The van der Waals surface area contributed by atoms with Gasteiger partial charge in [0.2, 0.25) is 6.71 Å². The van der Waals surface area contributed by atoms with E-state index in [-0.39, 0.29) is 13.4 Å². The molecule has 4 heterocycles. The Labute approximate surface area is 275 Å². The molecule has 0 aliphatic carbocycles. The Kier molecular flexibility index (Phi) is 5.09. The smallest absolute Gasteiger partial charge is 0.252 e. The lowest BCUT2D eigenvalue weighted by molar-refractivity contribution is 1.17. The molecule has 7 aromatic carbocycles. The molecular formula is C43H28B2N2. The van der Waals surface area contributed by atoms with Crippen LogP contribution in [0.1, 0.15) is 11.1 Å². The van der Waals surface area contributed by atoms with Gasteiger partial charge in [0.15, 0.2) is 0 Å². The van der Waals surface area contributed by atoms with E-state index in [4.69, 9.17) is 0 Å². The van der Waals surface area contributed by atoms with Crippen LogP contribution in [-0.4, -0.2) is 13.4 Å². The molecule has 216 valence electrons. The van der Waals surface area contributed by atoms with Crippen LogP contribution in [0.15, 0.2) is 158 Å². The molecule has 47 heavy (non-hydrogen) atoms. The van der Waals surface area contributed by atoms with E-state index in [0.717, 1.165) is 6.42 Å². The van der Waals surface area contributed by atoms with Gasteiger partial charge < -0.3 is 9.80 Å². The maximum absolute atomic E-state index is 2.61. The van der Waals surface area contributed by atoms with Gasteiger partial charge in [-0.2, -0.15) is 0 Å². The molecule has 0 N–H and O–H groups in total. The zero-order valence-electron chi connectivity index (χ0n) is 25.8. The second-order valence-electron chi connectivity index (χ2n) is 13.2. The van der Waals surface area contributed by atoms with Crippen LogP contribution in [0.4, 0.5) is 34.1 Å². The minimum atomic E-state index is 0.136. The van der Waals surface area contributed by atoms with Crippen molar-refractivity contribution in [2.45, 2.75) is 6.42 Å². The van der Waals surface area contributed by atoms with Crippen LogP contribution in [0.5, 0.6) is 0 Å². The summed E-state index contributed by atoms with van der Waals surface area (Å²) >= 11 is 0. The van der Waals surface area contributed by atoms with Crippen LogP contribution in [0.25, 0.3) is 11.1 Å². The van der Waals surface area contributed by atoms with Crippen LogP contribution in [-0.2, 0) is 6.42 Å². The molecule has 0 saturated heterocycles. The predicted octanol–water partition coefficient (Wildman–Crippen LogP) is 6.17. The van der Waals surface area contributed by atoms with Crippen molar-refractivity contribution in [2.24, 2.45) is 0 Å². The van der Waals surface area contributed by atoms with Crippen molar-refractivity contribution in [2.75, 3.05) is 9.80 Å². The molecule has 0 bridgehead atoms. The predicted molar refractivity (Wildman–Crippen MR) is 200 cm³/mol. The summed E-state index contributed by atoms with van der Waals surface area (Å²) in [5.74, 6) is 0. The van der Waals surface area contributed by atoms with Crippen LogP contribution in [0, 0.1) is 0 Å². The van der Waals surface area contributed by atoms with E-state index >= 15 is 0 Å². The van der Waals surface area contributed by atoms with Gasteiger partial charge in [0, 0.05) is 34.0 Å². The van der Waals surface area contributed by atoms with E-state index in [0.29, 0.717) is 0 Å². The van der Waals surface area contributed by atoms with Crippen molar-refractivity contribution in [3.05, 3.63) is 169 Å². The number of fused-ring (bicyclic) bond motifs is 10. The van der Waals surface area contributed by atoms with Crippen molar-refractivity contribution < 1.29 is 0 Å². The van der Waals surface area contributed by atoms with Gasteiger partial charge in [-0.25, -0.2) is 0 Å². The summed E-state index contributed by atoms with van der Waals surface area (Å²) in [4.78, 5) is 5.18. The summed E-state index contributed by atoms with van der Waals surface area (Å²) in [6, 6.07) is 58.8. The highest BCUT2D eigenvalue weighted by Crippen LogP contribution is 2.47. The Bertz CT molecular complexity index is 2420.